The van der Waals surface area contributed by atoms with Gasteiger partial charge in [0, 0.05) is 23.7 Å². The average molecular weight is 493 g/mol. The number of benzene rings is 1. The van der Waals surface area contributed by atoms with Gasteiger partial charge in [-0.25, -0.2) is 9.18 Å². The van der Waals surface area contributed by atoms with Crippen LogP contribution in [0.5, 0.6) is 0 Å². The van der Waals surface area contributed by atoms with Crippen LogP contribution in [0.2, 0.25) is 0 Å². The van der Waals surface area contributed by atoms with E-state index in [1.165, 1.54) is 12.1 Å². The number of nitrogens with one attached hydrogen (secondary N) is 1. The van der Waals surface area contributed by atoms with E-state index in [4.69, 9.17) is 9.47 Å². The summed E-state index contributed by atoms with van der Waals surface area (Å²) < 4.78 is 24.3. The molecule has 1 aromatic carbocycles. The van der Waals surface area contributed by atoms with Crippen LogP contribution >= 0.6 is 0 Å². The highest BCUT2D eigenvalue weighted by molar-refractivity contribution is 5.75. The molecule has 1 aromatic heterocycles. The van der Waals surface area contributed by atoms with Gasteiger partial charge in [-0.2, -0.15) is 0 Å². The first-order valence-corrected chi connectivity index (χ1v) is 13.0. The third-order valence-electron chi connectivity index (χ3n) is 8.18. The fraction of sp³-hybridized carbons (Fsp3) is 0.483. The Morgan fingerprint density at radius 1 is 1.22 bits per heavy atom. The van der Waals surface area contributed by atoms with E-state index >= 15 is 0 Å². The minimum atomic E-state index is -0.368. The van der Waals surface area contributed by atoms with Gasteiger partial charge in [0.25, 0.3) is 0 Å². The summed E-state index contributed by atoms with van der Waals surface area (Å²) in [6.07, 6.45) is 9.07. The molecule has 7 atom stereocenters. The number of nitrogens with zero attached hydrogens (tertiary/aromatic N) is 1. The fourth-order valence-electron chi connectivity index (χ4n) is 6.64. The standard InChI is InChI=1S/C29H33FN2O4/c1-3-35-29(34)32-23-10-11-24-20(14-23)15-26-27(17(2)36-28(26)33)25(24)12-9-22-8-7-19(16-31-22)18-5-4-6-21(30)13-18/h4-9,12-13,16-17,20,23-27H,3,10-11,14-15H2,1-2H3,(H,32,34)/b12-9+/t17-,20+,23+,24+,25-,26+,27-/m0/s1. The molecule has 1 N–H and O–H groups in total. The smallest absolute Gasteiger partial charge is 0.407 e. The second-order valence-corrected chi connectivity index (χ2v) is 10.3. The van der Waals surface area contributed by atoms with Crippen LogP contribution in [0.1, 0.15) is 45.2 Å². The van der Waals surface area contributed by atoms with Crippen LogP contribution < -0.4 is 5.32 Å². The largest absolute Gasteiger partial charge is 0.462 e. The molecule has 1 amide bonds. The predicted octanol–water partition coefficient (Wildman–Crippen LogP) is 5.63. The molecule has 1 aliphatic heterocycles. The first-order valence-electron chi connectivity index (χ1n) is 13.0. The number of amides is 1. The number of hydrogen-bond acceptors (Lipinski definition) is 5. The third kappa shape index (κ3) is 5.01. The first-order chi connectivity index (χ1) is 17.4. The van der Waals surface area contributed by atoms with E-state index in [1.807, 2.05) is 31.2 Å². The number of carbonyl (C=O) groups excluding carboxylic acids is 2. The molecule has 1 saturated heterocycles. The van der Waals surface area contributed by atoms with Gasteiger partial charge in [0.2, 0.25) is 0 Å². The molecule has 2 heterocycles. The molecule has 190 valence electrons. The minimum Gasteiger partial charge on any atom is -0.462 e. The number of halogens is 1. The Bertz CT molecular complexity index is 1130. The van der Waals surface area contributed by atoms with Crippen molar-refractivity contribution in [3.05, 3.63) is 60.2 Å². The topological polar surface area (TPSA) is 77.5 Å². The highest BCUT2D eigenvalue weighted by Gasteiger charge is 2.54. The third-order valence-corrected chi connectivity index (χ3v) is 8.18. The molecule has 3 fully saturated rings. The molecule has 0 unspecified atom stereocenters. The Morgan fingerprint density at radius 3 is 2.83 bits per heavy atom. The number of aromatic nitrogens is 1. The highest BCUT2D eigenvalue weighted by atomic mass is 19.1. The summed E-state index contributed by atoms with van der Waals surface area (Å²) >= 11 is 0. The molecule has 0 spiro atoms. The molecule has 6 nitrogen and oxygen atoms in total. The van der Waals surface area contributed by atoms with E-state index in [1.54, 1.807) is 19.2 Å². The summed E-state index contributed by atoms with van der Waals surface area (Å²) in [5.41, 5.74) is 2.48. The van der Waals surface area contributed by atoms with Crippen LogP contribution in [0.15, 0.2) is 48.7 Å². The van der Waals surface area contributed by atoms with Gasteiger partial charge in [-0.05, 0) is 87.1 Å². The summed E-state index contributed by atoms with van der Waals surface area (Å²) in [6, 6.07) is 10.4. The maximum absolute atomic E-state index is 13.6. The molecule has 36 heavy (non-hydrogen) atoms. The quantitative estimate of drug-likeness (QED) is 0.548. The van der Waals surface area contributed by atoms with Gasteiger partial charge in [0.1, 0.15) is 11.9 Å². The monoisotopic (exact) mass is 492 g/mol. The number of pyridine rings is 1. The zero-order valence-electron chi connectivity index (χ0n) is 20.7. The summed E-state index contributed by atoms with van der Waals surface area (Å²) in [5.74, 6) is 0.629. The number of cyclic esters (lactones) is 1. The van der Waals surface area contributed by atoms with Gasteiger partial charge >= 0.3 is 12.1 Å². The van der Waals surface area contributed by atoms with Crippen molar-refractivity contribution in [2.75, 3.05) is 6.61 Å². The van der Waals surface area contributed by atoms with E-state index in [9.17, 15) is 14.0 Å². The molecular formula is C29H33FN2O4. The molecule has 2 aliphatic carbocycles. The van der Waals surface area contributed by atoms with E-state index in [-0.39, 0.29) is 47.8 Å². The fourth-order valence-corrected chi connectivity index (χ4v) is 6.64. The van der Waals surface area contributed by atoms with Crippen molar-refractivity contribution in [1.82, 2.24) is 10.3 Å². The van der Waals surface area contributed by atoms with Gasteiger partial charge in [0.05, 0.1) is 18.2 Å². The molecule has 0 radical (unpaired) electrons. The molecule has 0 bridgehead atoms. The zero-order chi connectivity index (χ0) is 25.2. The first kappa shape index (κ1) is 24.5. The molecule has 2 aromatic rings. The molecular weight excluding hydrogens is 459 g/mol. The van der Waals surface area contributed by atoms with Gasteiger partial charge < -0.3 is 14.8 Å². The predicted molar refractivity (Wildman–Crippen MR) is 134 cm³/mol. The number of alkyl carbamates (subject to hydrolysis) is 1. The van der Waals surface area contributed by atoms with Crippen LogP contribution in [0.25, 0.3) is 17.2 Å². The van der Waals surface area contributed by atoms with Crippen LogP contribution in [0.4, 0.5) is 9.18 Å². The van der Waals surface area contributed by atoms with E-state index in [0.29, 0.717) is 18.4 Å². The van der Waals surface area contributed by atoms with Crippen molar-refractivity contribution in [2.45, 2.75) is 51.7 Å². The highest BCUT2D eigenvalue weighted by Crippen LogP contribution is 2.53. The van der Waals surface area contributed by atoms with Gasteiger partial charge in [-0.1, -0.05) is 24.3 Å². The Balaban J connectivity index is 1.34. The molecule has 7 heteroatoms. The summed E-state index contributed by atoms with van der Waals surface area (Å²) in [6.45, 7) is 4.15. The second kappa shape index (κ2) is 10.4. The molecule has 2 saturated carbocycles. The number of carbonyl (C=O) groups is 2. The lowest BCUT2D eigenvalue weighted by Gasteiger charge is -2.47. The SMILES string of the molecule is CCOC(=O)N[C@@H]1CC[C@@H]2[C@H](C1)C[C@H]1C(=O)O[C@@H](C)[C@H]1[C@H]2/C=C/c1ccc(-c2cccc(F)c2)cn1. The summed E-state index contributed by atoms with van der Waals surface area (Å²) in [7, 11) is 0. The second-order valence-electron chi connectivity index (χ2n) is 10.3. The van der Waals surface area contributed by atoms with Gasteiger partial charge in [0.15, 0.2) is 0 Å². The average Bonchev–Trinajstić information content (AvgIpc) is 3.15. The van der Waals surface area contributed by atoms with E-state index in [0.717, 1.165) is 42.5 Å². The lowest BCUT2D eigenvalue weighted by molar-refractivity contribution is -0.144. The van der Waals surface area contributed by atoms with Gasteiger partial charge in [-0.3, -0.25) is 9.78 Å². The van der Waals surface area contributed by atoms with Crippen LogP contribution in [0.3, 0.4) is 0 Å². The number of esters is 1. The van der Waals surface area contributed by atoms with Crippen LogP contribution in [0, 0.1) is 35.4 Å². The Hall–Kier alpha value is -3.22. The Labute approximate surface area is 211 Å². The lowest BCUT2D eigenvalue weighted by Crippen LogP contribution is -2.48. The number of fused-ring (bicyclic) bond motifs is 2. The van der Waals surface area contributed by atoms with Crippen molar-refractivity contribution in [3.8, 4) is 11.1 Å². The van der Waals surface area contributed by atoms with E-state index < -0.39 is 0 Å². The van der Waals surface area contributed by atoms with Crippen molar-refractivity contribution >= 4 is 18.1 Å². The normalized spacial score (nSPS) is 31.4. The number of ether oxygens (including phenoxy) is 2. The maximum Gasteiger partial charge on any atom is 0.407 e. The van der Waals surface area contributed by atoms with Crippen molar-refractivity contribution < 1.29 is 23.5 Å². The van der Waals surface area contributed by atoms with Gasteiger partial charge in [-0.15, -0.1) is 0 Å². The molecule has 3 aliphatic rings. The van der Waals surface area contributed by atoms with Crippen molar-refractivity contribution in [2.24, 2.45) is 29.6 Å². The summed E-state index contributed by atoms with van der Waals surface area (Å²) in [5, 5.41) is 3.00. The minimum absolute atomic E-state index is 0.0679. The Morgan fingerprint density at radius 2 is 2.08 bits per heavy atom. The maximum atomic E-state index is 13.6. The molecule has 5 rings (SSSR count). The number of allylic oxidation sites excluding steroid dienone is 1. The summed E-state index contributed by atoms with van der Waals surface area (Å²) in [4.78, 5) is 29.2. The Kier molecular flexibility index (Phi) is 7.08. The van der Waals surface area contributed by atoms with Crippen molar-refractivity contribution in [3.63, 3.8) is 0 Å². The lowest BCUT2D eigenvalue weighted by atomic mass is 9.57. The van der Waals surface area contributed by atoms with Crippen molar-refractivity contribution in [1.29, 1.82) is 0 Å². The van der Waals surface area contributed by atoms with Crippen LogP contribution in [-0.2, 0) is 14.3 Å². The van der Waals surface area contributed by atoms with E-state index in [2.05, 4.69) is 16.4 Å². The number of rotatable bonds is 5. The number of hydrogen-bond donors (Lipinski definition) is 1. The zero-order valence-corrected chi connectivity index (χ0v) is 20.7. The van der Waals surface area contributed by atoms with Crippen LogP contribution in [-0.4, -0.2) is 35.8 Å².